The van der Waals surface area contributed by atoms with Gasteiger partial charge >= 0.3 is 0 Å². The summed E-state index contributed by atoms with van der Waals surface area (Å²) in [4.78, 5) is 0. The van der Waals surface area contributed by atoms with Crippen LogP contribution in [0.1, 0.15) is 39.5 Å². The molecule has 3 N–H and O–H groups in total. The first-order valence-electron chi connectivity index (χ1n) is 6.38. The number of hydrogen-bond acceptors (Lipinski definition) is 2. The van der Waals surface area contributed by atoms with Crippen molar-refractivity contribution in [2.45, 2.75) is 45.6 Å². The van der Waals surface area contributed by atoms with Crippen molar-refractivity contribution in [2.24, 2.45) is 5.41 Å². The van der Waals surface area contributed by atoms with Crippen LogP contribution < -0.4 is 11.1 Å². The van der Waals surface area contributed by atoms with Gasteiger partial charge in [0.05, 0.1) is 15.8 Å². The summed E-state index contributed by atoms with van der Waals surface area (Å²) in [7, 11) is 0. The quantitative estimate of drug-likeness (QED) is 0.786. The minimum absolute atomic E-state index is 0.317. The summed E-state index contributed by atoms with van der Waals surface area (Å²) in [5, 5.41) is 3.43. The van der Waals surface area contributed by atoms with Crippen LogP contribution in [0.2, 0.25) is 0 Å². The van der Waals surface area contributed by atoms with Crippen molar-refractivity contribution in [3.63, 3.8) is 0 Å². The Bertz CT molecular complexity index is 436. The maximum Gasteiger partial charge on any atom is 0.139 e. The molecule has 18 heavy (non-hydrogen) atoms. The average Bonchev–Trinajstić information content (AvgIpc) is 2.28. The number of nitrogens with one attached hydrogen (secondary N) is 1. The summed E-state index contributed by atoms with van der Waals surface area (Å²) in [5.41, 5.74) is 7.59. The van der Waals surface area contributed by atoms with Gasteiger partial charge in [-0.2, -0.15) is 0 Å². The number of anilines is 2. The number of benzene rings is 1. The van der Waals surface area contributed by atoms with Crippen LogP contribution in [-0.2, 0) is 0 Å². The summed E-state index contributed by atoms with van der Waals surface area (Å²) in [6.07, 6.45) is 4.71. The fourth-order valence-corrected chi connectivity index (χ4v) is 2.79. The monoisotopic (exact) mass is 314 g/mol. The molecule has 2 rings (SSSR count). The molecule has 1 aromatic carbocycles. The van der Waals surface area contributed by atoms with E-state index in [-0.39, 0.29) is 5.82 Å². The molecule has 2 nitrogen and oxygen atoms in total. The third kappa shape index (κ3) is 3.16. The number of nitrogens with two attached hydrogens (primary N) is 1. The molecule has 0 heterocycles. The van der Waals surface area contributed by atoms with Gasteiger partial charge in [-0.3, -0.25) is 0 Å². The van der Waals surface area contributed by atoms with E-state index in [1.54, 1.807) is 6.07 Å². The molecular weight excluding hydrogens is 295 g/mol. The van der Waals surface area contributed by atoms with Crippen molar-refractivity contribution in [2.75, 3.05) is 11.1 Å². The third-order valence-corrected chi connectivity index (χ3v) is 4.40. The number of nitrogen functional groups attached to an aromatic ring is 1. The molecule has 0 aromatic heterocycles. The normalized spacial score (nSPS) is 19.8. The van der Waals surface area contributed by atoms with Gasteiger partial charge in [0.15, 0.2) is 0 Å². The van der Waals surface area contributed by atoms with Gasteiger partial charge in [-0.15, -0.1) is 0 Å². The van der Waals surface area contributed by atoms with E-state index in [4.69, 9.17) is 5.73 Å². The van der Waals surface area contributed by atoms with Crippen molar-refractivity contribution in [1.29, 1.82) is 0 Å². The molecule has 0 saturated heterocycles. The Labute approximate surface area is 116 Å². The van der Waals surface area contributed by atoms with Crippen LogP contribution >= 0.6 is 15.9 Å². The highest BCUT2D eigenvalue weighted by molar-refractivity contribution is 9.10. The molecule has 0 bridgehead atoms. The molecule has 0 radical (unpaired) electrons. The minimum atomic E-state index is -0.317. The van der Waals surface area contributed by atoms with Crippen LogP contribution in [0.15, 0.2) is 16.6 Å². The molecule has 100 valence electrons. The molecule has 1 aliphatic carbocycles. The fourth-order valence-electron chi connectivity index (χ4n) is 2.45. The van der Waals surface area contributed by atoms with Gasteiger partial charge < -0.3 is 11.1 Å². The summed E-state index contributed by atoms with van der Waals surface area (Å²) in [6, 6.07) is 3.53. The Kier molecular flexibility index (Phi) is 3.85. The topological polar surface area (TPSA) is 38.0 Å². The second-order valence-corrected chi connectivity index (χ2v) is 6.79. The van der Waals surface area contributed by atoms with Gasteiger partial charge in [0.25, 0.3) is 0 Å². The first kappa shape index (κ1) is 13.7. The minimum Gasteiger partial charge on any atom is -0.397 e. The Morgan fingerprint density at radius 2 is 1.94 bits per heavy atom. The van der Waals surface area contributed by atoms with Crippen molar-refractivity contribution >= 4 is 27.3 Å². The zero-order valence-corrected chi connectivity index (χ0v) is 12.5. The highest BCUT2D eigenvalue weighted by atomic mass is 79.9. The van der Waals surface area contributed by atoms with E-state index >= 15 is 0 Å². The molecular formula is C14H20BrFN2. The molecule has 0 amide bonds. The summed E-state index contributed by atoms with van der Waals surface area (Å²) in [5.74, 6) is -0.317. The lowest BCUT2D eigenvalue weighted by molar-refractivity contribution is 0.232. The van der Waals surface area contributed by atoms with Crippen molar-refractivity contribution < 1.29 is 4.39 Å². The largest absolute Gasteiger partial charge is 0.397 e. The second kappa shape index (κ2) is 5.08. The zero-order valence-electron chi connectivity index (χ0n) is 10.9. The van der Waals surface area contributed by atoms with E-state index in [0.717, 1.165) is 18.5 Å². The van der Waals surface area contributed by atoms with Crippen molar-refractivity contribution in [3.8, 4) is 0 Å². The van der Waals surface area contributed by atoms with E-state index in [2.05, 4.69) is 35.1 Å². The second-order valence-electron chi connectivity index (χ2n) is 5.94. The van der Waals surface area contributed by atoms with E-state index in [1.807, 2.05) is 0 Å². The smallest absolute Gasteiger partial charge is 0.139 e. The highest BCUT2D eigenvalue weighted by Crippen LogP contribution is 2.37. The maximum atomic E-state index is 13.3. The van der Waals surface area contributed by atoms with Crippen LogP contribution in [0.25, 0.3) is 0 Å². The number of halogens is 2. The van der Waals surface area contributed by atoms with Gasteiger partial charge in [-0.1, -0.05) is 13.8 Å². The predicted octanol–water partition coefficient (Wildman–Crippen LogP) is 4.55. The molecule has 0 aliphatic heterocycles. The molecule has 4 heteroatoms. The fraction of sp³-hybridized carbons (Fsp3) is 0.571. The van der Waals surface area contributed by atoms with Gasteiger partial charge in [-0.05, 0) is 53.1 Å². The van der Waals surface area contributed by atoms with E-state index in [1.165, 1.54) is 18.9 Å². The first-order chi connectivity index (χ1) is 8.37. The van der Waals surface area contributed by atoms with Crippen LogP contribution in [0, 0.1) is 11.2 Å². The predicted molar refractivity (Wildman–Crippen MR) is 78.2 cm³/mol. The van der Waals surface area contributed by atoms with Gasteiger partial charge in [0.1, 0.15) is 5.82 Å². The van der Waals surface area contributed by atoms with Gasteiger partial charge in [-0.25, -0.2) is 4.39 Å². The van der Waals surface area contributed by atoms with Crippen LogP contribution in [-0.4, -0.2) is 6.04 Å². The van der Waals surface area contributed by atoms with Crippen LogP contribution in [0.3, 0.4) is 0 Å². The molecule has 0 atom stereocenters. The Hall–Kier alpha value is -0.770. The van der Waals surface area contributed by atoms with E-state index in [9.17, 15) is 4.39 Å². The average molecular weight is 315 g/mol. The lowest BCUT2D eigenvalue weighted by Crippen LogP contribution is -2.30. The highest BCUT2D eigenvalue weighted by Gasteiger charge is 2.26. The molecule has 1 fully saturated rings. The number of rotatable bonds is 2. The lowest BCUT2D eigenvalue weighted by Gasteiger charge is -2.35. The Morgan fingerprint density at radius 1 is 1.33 bits per heavy atom. The Balaban J connectivity index is 2.04. The zero-order chi connectivity index (χ0) is 13.3. The molecule has 0 spiro atoms. The van der Waals surface area contributed by atoms with Crippen molar-refractivity contribution in [3.05, 3.63) is 22.4 Å². The first-order valence-corrected chi connectivity index (χ1v) is 7.18. The van der Waals surface area contributed by atoms with E-state index in [0.29, 0.717) is 21.6 Å². The molecule has 1 aliphatic rings. The van der Waals surface area contributed by atoms with Crippen molar-refractivity contribution in [1.82, 2.24) is 0 Å². The third-order valence-electron chi connectivity index (χ3n) is 3.79. The van der Waals surface area contributed by atoms with E-state index < -0.39 is 0 Å². The van der Waals surface area contributed by atoms with Crippen LogP contribution in [0.5, 0.6) is 0 Å². The van der Waals surface area contributed by atoms with Gasteiger partial charge in [0, 0.05) is 12.1 Å². The standard InChI is InChI=1S/C14H20BrFN2/c1-14(2)5-3-9(4-6-14)18-13-7-10(15)11(16)8-12(13)17/h7-9,18H,3-6,17H2,1-2H3. The maximum absolute atomic E-state index is 13.3. The summed E-state index contributed by atoms with van der Waals surface area (Å²) in [6.45, 7) is 4.62. The Morgan fingerprint density at radius 3 is 2.56 bits per heavy atom. The number of hydrogen-bond donors (Lipinski definition) is 2. The molecule has 0 unspecified atom stereocenters. The van der Waals surface area contributed by atoms with Crippen LogP contribution in [0.4, 0.5) is 15.8 Å². The lowest BCUT2D eigenvalue weighted by atomic mass is 9.75. The summed E-state index contributed by atoms with van der Waals surface area (Å²) >= 11 is 3.19. The van der Waals surface area contributed by atoms with Gasteiger partial charge in [0.2, 0.25) is 0 Å². The molecule has 1 saturated carbocycles. The summed E-state index contributed by atoms with van der Waals surface area (Å²) < 4.78 is 13.7. The SMILES string of the molecule is CC1(C)CCC(Nc2cc(Br)c(F)cc2N)CC1. The molecule has 1 aromatic rings.